The molecule has 122 valence electrons. The van der Waals surface area contributed by atoms with Gasteiger partial charge in [0.2, 0.25) is 0 Å². The molecule has 0 aliphatic carbocycles. The first-order valence-corrected chi connectivity index (χ1v) is 7.74. The van der Waals surface area contributed by atoms with E-state index in [2.05, 4.69) is 6.58 Å². The lowest BCUT2D eigenvalue weighted by Crippen LogP contribution is -1.88. The van der Waals surface area contributed by atoms with Crippen molar-refractivity contribution < 1.29 is 4.39 Å². The Kier molecular flexibility index (Phi) is 5.70. The summed E-state index contributed by atoms with van der Waals surface area (Å²) in [6.45, 7) is 5.78. The van der Waals surface area contributed by atoms with Gasteiger partial charge >= 0.3 is 0 Å². The highest BCUT2D eigenvalue weighted by atomic mass is 19.1. The van der Waals surface area contributed by atoms with Crippen molar-refractivity contribution in [3.63, 3.8) is 0 Å². The van der Waals surface area contributed by atoms with E-state index in [0.717, 1.165) is 23.1 Å². The van der Waals surface area contributed by atoms with Gasteiger partial charge in [-0.25, -0.2) is 4.39 Å². The molecular weight excluding hydrogens is 295 g/mol. The van der Waals surface area contributed by atoms with Crippen molar-refractivity contribution in [1.29, 1.82) is 0 Å². The zero-order chi connectivity index (χ0) is 16.2. The van der Waals surface area contributed by atoms with Gasteiger partial charge in [0.25, 0.3) is 0 Å². The first-order chi connectivity index (χ1) is 11.2. The van der Waals surface area contributed by atoms with E-state index in [4.69, 9.17) is 0 Å². The van der Waals surface area contributed by atoms with Crippen LogP contribution in [0.25, 0.3) is 22.3 Å². The quantitative estimate of drug-likeness (QED) is 0.462. The molecule has 0 saturated heterocycles. The lowest BCUT2D eigenvalue weighted by Gasteiger charge is -2.08. The van der Waals surface area contributed by atoms with Crippen LogP contribution in [0.1, 0.15) is 18.6 Å². The SMILES string of the molecule is C.C=CCc1ccc(-c2ccc(-c3ccc(C)cc3)cc2F)cc1. The van der Waals surface area contributed by atoms with Gasteiger partial charge in [-0.3, -0.25) is 0 Å². The highest BCUT2D eigenvalue weighted by Gasteiger charge is 2.07. The smallest absolute Gasteiger partial charge is 0.131 e. The van der Waals surface area contributed by atoms with Crippen LogP contribution >= 0.6 is 0 Å². The maximum atomic E-state index is 14.5. The summed E-state index contributed by atoms with van der Waals surface area (Å²) in [5, 5.41) is 0. The first-order valence-electron chi connectivity index (χ1n) is 7.74. The minimum Gasteiger partial charge on any atom is -0.206 e. The Morgan fingerprint density at radius 3 is 2.00 bits per heavy atom. The van der Waals surface area contributed by atoms with Gasteiger partial charge in [-0.2, -0.15) is 0 Å². The van der Waals surface area contributed by atoms with E-state index in [1.54, 1.807) is 6.07 Å². The molecule has 0 saturated carbocycles. The Bertz CT molecular complexity index is 812. The summed E-state index contributed by atoms with van der Waals surface area (Å²) >= 11 is 0. The maximum Gasteiger partial charge on any atom is 0.131 e. The predicted molar refractivity (Wildman–Crippen MR) is 103 cm³/mol. The molecule has 0 radical (unpaired) electrons. The Hall–Kier alpha value is -2.67. The molecule has 0 N–H and O–H groups in total. The molecule has 0 spiro atoms. The monoisotopic (exact) mass is 318 g/mol. The number of halogens is 1. The van der Waals surface area contributed by atoms with Crippen LogP contribution in [-0.4, -0.2) is 0 Å². The van der Waals surface area contributed by atoms with Crippen molar-refractivity contribution in [1.82, 2.24) is 0 Å². The molecule has 0 unspecified atom stereocenters. The number of hydrogen-bond acceptors (Lipinski definition) is 0. The van der Waals surface area contributed by atoms with Crippen molar-refractivity contribution in [3.8, 4) is 22.3 Å². The summed E-state index contributed by atoms with van der Waals surface area (Å²) in [5.41, 5.74) is 5.83. The van der Waals surface area contributed by atoms with Crippen molar-refractivity contribution in [2.24, 2.45) is 0 Å². The molecule has 0 aromatic heterocycles. The van der Waals surface area contributed by atoms with Crippen LogP contribution in [0, 0.1) is 12.7 Å². The molecule has 1 heteroatoms. The summed E-state index contributed by atoms with van der Waals surface area (Å²) in [7, 11) is 0. The number of rotatable bonds is 4. The van der Waals surface area contributed by atoms with E-state index in [-0.39, 0.29) is 13.2 Å². The van der Waals surface area contributed by atoms with Crippen molar-refractivity contribution in [3.05, 3.63) is 96.3 Å². The van der Waals surface area contributed by atoms with Gasteiger partial charge in [-0.1, -0.05) is 79.7 Å². The second-order valence-corrected chi connectivity index (χ2v) is 5.75. The Morgan fingerprint density at radius 1 is 0.833 bits per heavy atom. The van der Waals surface area contributed by atoms with Crippen molar-refractivity contribution >= 4 is 0 Å². The number of aryl methyl sites for hydroxylation is 1. The second-order valence-electron chi connectivity index (χ2n) is 5.75. The third kappa shape index (κ3) is 3.80. The molecule has 0 nitrogen and oxygen atoms in total. The molecule has 0 fully saturated rings. The highest BCUT2D eigenvalue weighted by molar-refractivity contribution is 5.71. The lowest BCUT2D eigenvalue weighted by atomic mass is 9.98. The molecule has 3 aromatic carbocycles. The molecule has 0 heterocycles. The molecule has 0 aliphatic heterocycles. The van der Waals surface area contributed by atoms with Gasteiger partial charge in [0.15, 0.2) is 0 Å². The Morgan fingerprint density at radius 2 is 1.42 bits per heavy atom. The molecule has 0 aliphatic rings. The first kappa shape index (κ1) is 17.7. The minimum absolute atomic E-state index is 0. The van der Waals surface area contributed by atoms with Crippen LogP contribution in [0.15, 0.2) is 79.4 Å². The van der Waals surface area contributed by atoms with Crippen LogP contribution in [0.4, 0.5) is 4.39 Å². The lowest BCUT2D eigenvalue weighted by molar-refractivity contribution is 0.632. The summed E-state index contributed by atoms with van der Waals surface area (Å²) in [6.07, 6.45) is 2.70. The van der Waals surface area contributed by atoms with Gasteiger partial charge in [0, 0.05) is 5.56 Å². The Labute approximate surface area is 144 Å². The Balaban J connectivity index is 0.00000208. The third-order valence-electron chi connectivity index (χ3n) is 4.00. The van der Waals surface area contributed by atoms with Crippen LogP contribution < -0.4 is 0 Å². The average molecular weight is 318 g/mol. The van der Waals surface area contributed by atoms with Gasteiger partial charge in [-0.05, 0) is 41.7 Å². The molecule has 0 bridgehead atoms. The summed E-state index contributed by atoms with van der Waals surface area (Å²) < 4.78 is 14.5. The van der Waals surface area contributed by atoms with E-state index in [9.17, 15) is 4.39 Å². The molecule has 0 amide bonds. The van der Waals surface area contributed by atoms with Gasteiger partial charge in [0.1, 0.15) is 5.82 Å². The molecule has 3 rings (SSSR count). The zero-order valence-corrected chi connectivity index (χ0v) is 13.2. The summed E-state index contributed by atoms with van der Waals surface area (Å²) in [5.74, 6) is -0.195. The largest absolute Gasteiger partial charge is 0.206 e. The standard InChI is InChI=1S/C22H19F.CH4/c1-3-4-17-7-11-19(12-8-17)21-14-13-20(15-22(21)23)18-9-5-16(2)6-10-18;/h3,5-15H,1,4H2,2H3;1H4. The molecule has 3 aromatic rings. The fourth-order valence-corrected chi connectivity index (χ4v) is 2.66. The zero-order valence-electron chi connectivity index (χ0n) is 13.2. The average Bonchev–Trinajstić information content (AvgIpc) is 2.57. The van der Waals surface area contributed by atoms with E-state index >= 15 is 0 Å². The number of allylic oxidation sites excluding steroid dienone is 1. The van der Waals surface area contributed by atoms with Crippen LogP contribution in [-0.2, 0) is 6.42 Å². The topological polar surface area (TPSA) is 0 Å². The normalized spacial score (nSPS) is 10.1. The van der Waals surface area contributed by atoms with Crippen LogP contribution in [0.3, 0.4) is 0 Å². The van der Waals surface area contributed by atoms with Gasteiger partial charge < -0.3 is 0 Å². The fourth-order valence-electron chi connectivity index (χ4n) is 2.66. The second kappa shape index (κ2) is 7.74. The van der Waals surface area contributed by atoms with Gasteiger partial charge in [-0.15, -0.1) is 6.58 Å². The number of benzene rings is 3. The van der Waals surface area contributed by atoms with E-state index in [1.807, 2.05) is 73.7 Å². The maximum absolute atomic E-state index is 14.5. The van der Waals surface area contributed by atoms with Crippen molar-refractivity contribution in [2.75, 3.05) is 0 Å². The fraction of sp³-hybridized carbons (Fsp3) is 0.130. The number of hydrogen-bond donors (Lipinski definition) is 0. The highest BCUT2D eigenvalue weighted by Crippen LogP contribution is 2.28. The van der Waals surface area contributed by atoms with E-state index in [0.29, 0.717) is 5.56 Å². The molecular formula is C23H23F. The van der Waals surface area contributed by atoms with Crippen molar-refractivity contribution in [2.45, 2.75) is 20.8 Å². The molecule has 0 atom stereocenters. The minimum atomic E-state index is -0.195. The van der Waals surface area contributed by atoms with Crippen LogP contribution in [0.5, 0.6) is 0 Å². The molecule has 24 heavy (non-hydrogen) atoms. The van der Waals surface area contributed by atoms with E-state index in [1.165, 1.54) is 11.1 Å². The van der Waals surface area contributed by atoms with E-state index < -0.39 is 0 Å². The summed E-state index contributed by atoms with van der Waals surface area (Å²) in [4.78, 5) is 0. The van der Waals surface area contributed by atoms with Crippen LogP contribution in [0.2, 0.25) is 0 Å². The summed E-state index contributed by atoms with van der Waals surface area (Å²) in [6, 6.07) is 21.5. The third-order valence-corrected chi connectivity index (χ3v) is 4.00. The van der Waals surface area contributed by atoms with Gasteiger partial charge in [0.05, 0.1) is 0 Å². The predicted octanol–water partition coefficient (Wildman–Crippen LogP) is 6.83.